The molecule has 1 aromatic rings. The van der Waals surface area contributed by atoms with Crippen LogP contribution in [0, 0.1) is 0 Å². The predicted octanol–water partition coefficient (Wildman–Crippen LogP) is 1.89. The van der Waals surface area contributed by atoms with Crippen LogP contribution in [-0.4, -0.2) is 49.3 Å². The van der Waals surface area contributed by atoms with Crippen LogP contribution >= 0.6 is 15.9 Å². The Morgan fingerprint density at radius 1 is 1.33 bits per heavy atom. The van der Waals surface area contributed by atoms with E-state index in [0.29, 0.717) is 18.3 Å². The Kier molecular flexibility index (Phi) is 4.02. The Balaban J connectivity index is 1.91. The molecule has 116 valence electrons. The zero-order valence-electron chi connectivity index (χ0n) is 12.0. The molecule has 2 unspecified atom stereocenters. The van der Waals surface area contributed by atoms with Gasteiger partial charge in [0.15, 0.2) is 0 Å². The normalized spacial score (nSPS) is 27.7. The van der Waals surface area contributed by atoms with Crippen molar-refractivity contribution in [3.8, 4) is 0 Å². The highest BCUT2D eigenvalue weighted by atomic mass is 79.9. The van der Waals surface area contributed by atoms with Gasteiger partial charge in [-0.05, 0) is 60.4 Å². The molecule has 0 amide bonds. The molecule has 3 rings (SSSR count). The largest absolute Gasteiger partial charge is 0.398 e. The molecule has 2 atom stereocenters. The number of sulfonamides is 1. The van der Waals surface area contributed by atoms with Gasteiger partial charge in [-0.15, -0.1) is 0 Å². The van der Waals surface area contributed by atoms with Crippen molar-refractivity contribution >= 4 is 31.6 Å². The first kappa shape index (κ1) is 15.3. The topological polar surface area (TPSA) is 66.6 Å². The highest BCUT2D eigenvalue weighted by molar-refractivity contribution is 9.10. The minimum absolute atomic E-state index is 0.00535. The van der Waals surface area contributed by atoms with Gasteiger partial charge in [0.05, 0.1) is 4.90 Å². The molecule has 0 saturated carbocycles. The molecule has 7 heteroatoms. The number of nitrogens with two attached hydrogens (primary N) is 1. The SMILES string of the molecule is CC1CN2CCCC2CN1S(=O)(=O)c1ccc(Br)c(N)c1. The Labute approximate surface area is 134 Å². The van der Waals surface area contributed by atoms with Crippen LogP contribution < -0.4 is 5.73 Å². The summed E-state index contributed by atoms with van der Waals surface area (Å²) in [5.74, 6) is 0. The lowest BCUT2D eigenvalue weighted by Crippen LogP contribution is -2.56. The summed E-state index contributed by atoms with van der Waals surface area (Å²) in [5.41, 5.74) is 6.28. The number of benzene rings is 1. The fourth-order valence-corrected chi connectivity index (χ4v) is 5.26. The molecular weight excluding hydrogens is 354 g/mol. The molecule has 2 fully saturated rings. The van der Waals surface area contributed by atoms with Gasteiger partial charge < -0.3 is 5.73 Å². The summed E-state index contributed by atoms with van der Waals surface area (Å²) in [7, 11) is -3.48. The number of fused-ring (bicyclic) bond motifs is 1. The van der Waals surface area contributed by atoms with Crippen molar-refractivity contribution in [1.29, 1.82) is 0 Å². The molecule has 1 aromatic carbocycles. The van der Waals surface area contributed by atoms with E-state index in [4.69, 9.17) is 5.73 Å². The van der Waals surface area contributed by atoms with Gasteiger partial charge in [0.25, 0.3) is 0 Å². The van der Waals surface area contributed by atoms with Gasteiger partial charge in [0, 0.05) is 35.3 Å². The monoisotopic (exact) mass is 373 g/mol. The number of rotatable bonds is 2. The van der Waals surface area contributed by atoms with Crippen molar-refractivity contribution in [1.82, 2.24) is 9.21 Å². The van der Waals surface area contributed by atoms with Crippen LogP contribution in [0.2, 0.25) is 0 Å². The molecule has 2 heterocycles. The van der Waals surface area contributed by atoms with Crippen molar-refractivity contribution in [2.24, 2.45) is 0 Å². The third-order valence-corrected chi connectivity index (χ3v) is 7.15. The first-order chi connectivity index (χ1) is 9.89. The van der Waals surface area contributed by atoms with Crippen molar-refractivity contribution in [2.75, 3.05) is 25.4 Å². The summed E-state index contributed by atoms with van der Waals surface area (Å²) in [5, 5.41) is 0. The maximum absolute atomic E-state index is 12.9. The minimum atomic E-state index is -3.48. The molecule has 0 aromatic heterocycles. The van der Waals surface area contributed by atoms with E-state index in [1.165, 1.54) is 6.07 Å². The van der Waals surface area contributed by atoms with Crippen LogP contribution in [0.15, 0.2) is 27.6 Å². The lowest BCUT2D eigenvalue weighted by Gasteiger charge is -2.41. The number of halogens is 1. The molecule has 0 aliphatic carbocycles. The van der Waals surface area contributed by atoms with Crippen molar-refractivity contribution in [3.63, 3.8) is 0 Å². The second kappa shape index (κ2) is 5.53. The number of anilines is 1. The summed E-state index contributed by atoms with van der Waals surface area (Å²) < 4.78 is 28.1. The van der Waals surface area contributed by atoms with E-state index in [9.17, 15) is 8.42 Å². The second-order valence-corrected chi connectivity index (χ2v) is 8.64. The van der Waals surface area contributed by atoms with E-state index in [-0.39, 0.29) is 10.9 Å². The molecule has 0 spiro atoms. The van der Waals surface area contributed by atoms with Gasteiger partial charge in [-0.25, -0.2) is 8.42 Å². The van der Waals surface area contributed by atoms with Crippen LogP contribution in [0.1, 0.15) is 19.8 Å². The molecule has 21 heavy (non-hydrogen) atoms. The van der Waals surface area contributed by atoms with Crippen LogP contribution in [0.25, 0.3) is 0 Å². The third kappa shape index (κ3) is 2.72. The molecule has 2 aliphatic heterocycles. The smallest absolute Gasteiger partial charge is 0.243 e. The highest BCUT2D eigenvalue weighted by Crippen LogP contribution is 2.30. The Bertz CT molecular complexity index is 650. The van der Waals surface area contributed by atoms with Gasteiger partial charge in [-0.3, -0.25) is 4.90 Å². The lowest BCUT2D eigenvalue weighted by molar-refractivity contribution is 0.117. The maximum Gasteiger partial charge on any atom is 0.243 e. The standard InChI is InChI=1S/C14H20BrN3O2S/c1-10-8-17-6-2-3-11(17)9-18(10)21(19,20)12-4-5-13(15)14(16)7-12/h4-5,7,10-11H,2-3,6,8-9,16H2,1H3. The fourth-order valence-electron chi connectivity index (χ4n) is 3.31. The fraction of sp³-hybridized carbons (Fsp3) is 0.571. The van der Waals surface area contributed by atoms with E-state index in [1.54, 1.807) is 16.4 Å². The number of hydrogen-bond donors (Lipinski definition) is 1. The van der Waals surface area contributed by atoms with E-state index >= 15 is 0 Å². The van der Waals surface area contributed by atoms with Gasteiger partial charge in [-0.2, -0.15) is 4.31 Å². The van der Waals surface area contributed by atoms with Crippen molar-refractivity contribution in [3.05, 3.63) is 22.7 Å². The van der Waals surface area contributed by atoms with Gasteiger partial charge >= 0.3 is 0 Å². The Morgan fingerprint density at radius 3 is 2.81 bits per heavy atom. The Morgan fingerprint density at radius 2 is 2.10 bits per heavy atom. The summed E-state index contributed by atoms with van der Waals surface area (Å²) in [6.07, 6.45) is 2.25. The maximum atomic E-state index is 12.9. The van der Waals surface area contributed by atoms with Crippen LogP contribution in [-0.2, 0) is 10.0 Å². The van der Waals surface area contributed by atoms with Gasteiger partial charge in [0.2, 0.25) is 10.0 Å². The summed E-state index contributed by atoms with van der Waals surface area (Å²) in [6.45, 7) is 4.47. The minimum Gasteiger partial charge on any atom is -0.398 e. The lowest BCUT2D eigenvalue weighted by atomic mass is 10.1. The van der Waals surface area contributed by atoms with Crippen molar-refractivity contribution in [2.45, 2.75) is 36.7 Å². The van der Waals surface area contributed by atoms with Gasteiger partial charge in [-0.1, -0.05) is 0 Å². The summed E-state index contributed by atoms with van der Waals surface area (Å²) in [4.78, 5) is 2.69. The van der Waals surface area contributed by atoms with Crippen molar-refractivity contribution < 1.29 is 8.42 Å². The summed E-state index contributed by atoms with van der Waals surface area (Å²) in [6, 6.07) is 5.20. The predicted molar refractivity (Wildman–Crippen MR) is 86.5 cm³/mol. The van der Waals surface area contributed by atoms with Crippen LogP contribution in [0.3, 0.4) is 0 Å². The molecule has 0 radical (unpaired) electrons. The molecule has 5 nitrogen and oxygen atoms in total. The quantitative estimate of drug-likeness (QED) is 0.803. The van der Waals surface area contributed by atoms with E-state index in [1.807, 2.05) is 6.92 Å². The number of nitrogen functional groups attached to an aromatic ring is 1. The molecule has 2 N–H and O–H groups in total. The first-order valence-electron chi connectivity index (χ1n) is 7.20. The highest BCUT2D eigenvalue weighted by Gasteiger charge is 2.40. The van der Waals surface area contributed by atoms with E-state index in [0.717, 1.165) is 30.4 Å². The number of nitrogens with zero attached hydrogens (tertiary/aromatic N) is 2. The second-order valence-electron chi connectivity index (χ2n) is 5.90. The zero-order valence-corrected chi connectivity index (χ0v) is 14.4. The number of hydrogen-bond acceptors (Lipinski definition) is 4. The van der Waals surface area contributed by atoms with Crippen LogP contribution in [0.4, 0.5) is 5.69 Å². The first-order valence-corrected chi connectivity index (χ1v) is 9.44. The third-order valence-electron chi connectivity index (χ3n) is 4.45. The Hall–Kier alpha value is -0.630. The zero-order chi connectivity index (χ0) is 15.2. The van der Waals surface area contributed by atoms with E-state index < -0.39 is 10.0 Å². The average Bonchev–Trinajstić information content (AvgIpc) is 2.87. The molecular formula is C14H20BrN3O2S. The number of piperazine rings is 1. The van der Waals surface area contributed by atoms with Gasteiger partial charge in [0.1, 0.15) is 0 Å². The average molecular weight is 374 g/mol. The van der Waals surface area contributed by atoms with E-state index in [2.05, 4.69) is 20.8 Å². The summed E-state index contributed by atoms with van der Waals surface area (Å²) >= 11 is 3.30. The molecule has 2 aliphatic rings. The molecule has 0 bridgehead atoms. The molecule has 2 saturated heterocycles. The van der Waals surface area contributed by atoms with Crippen LogP contribution in [0.5, 0.6) is 0 Å².